The van der Waals surface area contributed by atoms with Gasteiger partial charge in [-0.1, -0.05) is 0 Å². The molecule has 2 aromatic rings. The van der Waals surface area contributed by atoms with E-state index in [0.29, 0.717) is 11.3 Å². The van der Waals surface area contributed by atoms with Gasteiger partial charge in [0.2, 0.25) is 10.0 Å². The van der Waals surface area contributed by atoms with E-state index in [9.17, 15) is 26.0 Å². The Hall–Kier alpha value is -2.80. The van der Waals surface area contributed by atoms with Crippen LogP contribution in [0.2, 0.25) is 0 Å². The second kappa shape index (κ2) is 8.52. The smallest absolute Gasteiger partial charge is 0.332 e. The van der Waals surface area contributed by atoms with Crippen molar-refractivity contribution in [2.24, 2.45) is 0 Å². The molecule has 2 aliphatic rings. The van der Waals surface area contributed by atoms with Crippen molar-refractivity contribution < 1.29 is 34.9 Å². The number of sulfonamides is 1. The summed E-state index contributed by atoms with van der Waals surface area (Å²) in [4.78, 5) is 12.2. The molecule has 0 spiro atoms. The predicted molar refractivity (Wildman–Crippen MR) is 118 cm³/mol. The van der Waals surface area contributed by atoms with Crippen molar-refractivity contribution in [1.29, 1.82) is 0 Å². The monoisotopic (exact) mass is 496 g/mol. The molecular formula is C21H21FN2O7S2. The first-order valence-electron chi connectivity index (χ1n) is 9.98. The Morgan fingerprint density at radius 1 is 1.12 bits per heavy atom. The number of hydrogen-bond donors (Lipinski definition) is 1. The zero-order valence-electron chi connectivity index (χ0n) is 17.7. The third-order valence-electron chi connectivity index (χ3n) is 5.09. The lowest BCUT2D eigenvalue weighted by Crippen LogP contribution is -2.48. The largest absolute Gasteiger partial charge is 0.379 e. The maximum Gasteiger partial charge on any atom is 0.332 e. The molecule has 4 rings (SSSR count). The number of hydrogen-bond acceptors (Lipinski definition) is 7. The van der Waals surface area contributed by atoms with Crippen LogP contribution in [0.5, 0.6) is 5.75 Å². The van der Waals surface area contributed by atoms with E-state index < -0.39 is 36.8 Å². The fraction of sp³-hybridized carbons (Fsp3) is 0.286. The minimum atomic E-state index is -4.19. The number of nitrogens with zero attached hydrogens (tertiary/aromatic N) is 1. The van der Waals surface area contributed by atoms with Crippen molar-refractivity contribution in [3.05, 3.63) is 58.8 Å². The topological polar surface area (TPSA) is 119 Å². The Labute approximate surface area is 191 Å². The standard InChI is InChI=1S/C21H21FN2O7S2/c1-13-11-24(12-14(2)30-13)33(28,29)20-10-16(3-5-18(20)22)21(25)23-17-4-6-19-15(9-17)7-8-32(26,27)31-19/h3-10,13-14H,11-12H2,1-2H3,(H,23,25)/t13-,14+. The third kappa shape index (κ3) is 4.93. The molecule has 0 radical (unpaired) electrons. The molecule has 0 unspecified atom stereocenters. The number of anilines is 1. The van der Waals surface area contributed by atoms with Crippen LogP contribution in [0.25, 0.3) is 6.08 Å². The minimum Gasteiger partial charge on any atom is -0.379 e. The van der Waals surface area contributed by atoms with Crippen molar-refractivity contribution in [2.45, 2.75) is 31.0 Å². The van der Waals surface area contributed by atoms with Gasteiger partial charge in [0.15, 0.2) is 0 Å². The first kappa shape index (κ1) is 23.4. The van der Waals surface area contributed by atoms with Crippen LogP contribution in [0.3, 0.4) is 0 Å². The second-order valence-electron chi connectivity index (χ2n) is 7.81. The Bertz CT molecular complexity index is 1350. The number of nitrogens with one attached hydrogen (secondary N) is 1. The molecule has 0 aliphatic carbocycles. The summed E-state index contributed by atoms with van der Waals surface area (Å²) in [6.45, 7) is 3.60. The highest BCUT2D eigenvalue weighted by atomic mass is 32.2. The van der Waals surface area contributed by atoms with Crippen molar-refractivity contribution in [2.75, 3.05) is 18.4 Å². The molecule has 1 fully saturated rings. The summed E-state index contributed by atoms with van der Waals surface area (Å²) in [7, 11) is -7.98. The molecule has 1 saturated heterocycles. The molecule has 12 heteroatoms. The summed E-state index contributed by atoms with van der Waals surface area (Å²) in [5.41, 5.74) is 0.688. The third-order valence-corrected chi connectivity index (χ3v) is 7.81. The number of ether oxygens (including phenoxy) is 1. The van der Waals surface area contributed by atoms with E-state index in [4.69, 9.17) is 8.92 Å². The molecule has 2 aromatic carbocycles. The average molecular weight is 497 g/mol. The molecule has 2 aliphatic heterocycles. The number of fused-ring (bicyclic) bond motifs is 1. The second-order valence-corrected chi connectivity index (χ2v) is 11.1. The van der Waals surface area contributed by atoms with Crippen molar-refractivity contribution in [3.8, 4) is 5.75 Å². The maximum absolute atomic E-state index is 14.5. The van der Waals surface area contributed by atoms with Gasteiger partial charge in [-0.3, -0.25) is 4.79 Å². The van der Waals surface area contributed by atoms with E-state index in [-0.39, 0.29) is 36.6 Å². The highest BCUT2D eigenvalue weighted by Crippen LogP contribution is 2.30. The van der Waals surface area contributed by atoms with Crippen molar-refractivity contribution in [3.63, 3.8) is 0 Å². The number of morpholine rings is 1. The first-order chi connectivity index (χ1) is 15.4. The molecule has 176 valence electrons. The fourth-order valence-electron chi connectivity index (χ4n) is 3.65. The van der Waals surface area contributed by atoms with Crippen LogP contribution in [0.15, 0.2) is 46.7 Å². The minimum absolute atomic E-state index is 0.0589. The van der Waals surface area contributed by atoms with Gasteiger partial charge in [0.05, 0.1) is 17.6 Å². The fourth-order valence-corrected chi connectivity index (χ4v) is 6.11. The summed E-state index contributed by atoms with van der Waals surface area (Å²) in [5.74, 6) is -1.52. The van der Waals surface area contributed by atoms with E-state index in [1.54, 1.807) is 13.8 Å². The molecule has 33 heavy (non-hydrogen) atoms. The summed E-state index contributed by atoms with van der Waals surface area (Å²) in [6, 6.07) is 7.43. The number of rotatable bonds is 4. The van der Waals surface area contributed by atoms with Gasteiger partial charge in [-0.15, -0.1) is 0 Å². The lowest BCUT2D eigenvalue weighted by atomic mass is 10.1. The number of halogens is 1. The molecule has 1 amide bonds. The maximum atomic E-state index is 14.5. The first-order valence-corrected chi connectivity index (χ1v) is 12.9. The summed E-state index contributed by atoms with van der Waals surface area (Å²) < 4.78 is 75.2. The van der Waals surface area contributed by atoms with Crippen LogP contribution in [0.4, 0.5) is 10.1 Å². The zero-order valence-corrected chi connectivity index (χ0v) is 19.3. The average Bonchev–Trinajstić information content (AvgIpc) is 2.73. The van der Waals surface area contributed by atoms with E-state index >= 15 is 0 Å². The van der Waals surface area contributed by atoms with Crippen LogP contribution >= 0.6 is 0 Å². The molecule has 9 nitrogen and oxygen atoms in total. The van der Waals surface area contributed by atoms with Crippen LogP contribution < -0.4 is 9.50 Å². The zero-order chi connectivity index (χ0) is 24.0. The Kier molecular flexibility index (Phi) is 6.03. The normalized spacial score (nSPS) is 22.3. The van der Waals surface area contributed by atoms with E-state index in [1.165, 1.54) is 30.3 Å². The molecule has 0 aromatic heterocycles. The Morgan fingerprint density at radius 3 is 2.52 bits per heavy atom. The summed E-state index contributed by atoms with van der Waals surface area (Å²) >= 11 is 0. The van der Waals surface area contributed by atoms with Crippen LogP contribution in [-0.2, 0) is 24.9 Å². The van der Waals surface area contributed by atoms with Gasteiger partial charge in [-0.05, 0) is 56.3 Å². The molecule has 0 saturated carbocycles. The number of benzene rings is 2. The van der Waals surface area contributed by atoms with Gasteiger partial charge in [0.25, 0.3) is 5.91 Å². The Balaban J connectivity index is 1.58. The van der Waals surface area contributed by atoms with Gasteiger partial charge in [0.1, 0.15) is 16.5 Å². The number of carbonyl (C=O) groups excluding carboxylic acids is 1. The lowest BCUT2D eigenvalue weighted by Gasteiger charge is -2.34. The quantitative estimate of drug-likeness (QED) is 0.646. The summed E-state index contributed by atoms with van der Waals surface area (Å²) in [6.07, 6.45) is 0.627. The van der Waals surface area contributed by atoms with Crippen LogP contribution in [-0.4, -0.2) is 52.3 Å². The Morgan fingerprint density at radius 2 is 1.82 bits per heavy atom. The van der Waals surface area contributed by atoms with E-state index in [2.05, 4.69) is 5.32 Å². The molecular weight excluding hydrogens is 475 g/mol. The van der Waals surface area contributed by atoms with Gasteiger partial charge >= 0.3 is 10.1 Å². The van der Waals surface area contributed by atoms with E-state index in [1.807, 2.05) is 0 Å². The molecule has 2 heterocycles. The number of amides is 1. The van der Waals surface area contributed by atoms with Crippen molar-refractivity contribution in [1.82, 2.24) is 4.31 Å². The number of carbonyl (C=O) groups is 1. The van der Waals surface area contributed by atoms with Gasteiger partial charge in [-0.2, -0.15) is 12.7 Å². The van der Waals surface area contributed by atoms with Gasteiger partial charge in [0, 0.05) is 29.9 Å². The highest BCUT2D eigenvalue weighted by molar-refractivity contribution is 7.90. The van der Waals surface area contributed by atoms with E-state index in [0.717, 1.165) is 21.8 Å². The van der Waals surface area contributed by atoms with Crippen LogP contribution in [0.1, 0.15) is 29.8 Å². The summed E-state index contributed by atoms with van der Waals surface area (Å²) in [5, 5.41) is 3.49. The van der Waals surface area contributed by atoms with Crippen LogP contribution in [0, 0.1) is 5.82 Å². The van der Waals surface area contributed by atoms with Gasteiger partial charge in [-0.25, -0.2) is 12.8 Å². The lowest BCUT2D eigenvalue weighted by molar-refractivity contribution is -0.0441. The molecule has 2 atom stereocenters. The van der Waals surface area contributed by atoms with Crippen molar-refractivity contribution >= 4 is 37.8 Å². The molecule has 1 N–H and O–H groups in total. The highest BCUT2D eigenvalue weighted by Gasteiger charge is 2.34. The SMILES string of the molecule is C[C@@H]1CN(S(=O)(=O)c2cc(C(=O)Nc3ccc4c(c3)C=CS(=O)(=O)O4)ccc2F)C[C@H](C)O1. The van der Waals surface area contributed by atoms with Gasteiger partial charge < -0.3 is 14.2 Å². The predicted octanol–water partition coefficient (Wildman–Crippen LogP) is 2.57. The molecule has 0 bridgehead atoms.